The summed E-state index contributed by atoms with van der Waals surface area (Å²) in [6.45, 7) is 1.24. The molecule has 4 rings (SSSR count). The maximum Gasteiger partial charge on any atom is 0.292 e. The van der Waals surface area contributed by atoms with Gasteiger partial charge in [0.25, 0.3) is 11.2 Å². The number of anilines is 1. The molecule has 1 N–H and O–H groups in total. The Bertz CT molecular complexity index is 1150. The number of aromatic nitrogens is 4. The van der Waals surface area contributed by atoms with Gasteiger partial charge in [-0.05, 0) is 30.9 Å². The normalized spacial score (nSPS) is 15.8. The van der Waals surface area contributed by atoms with Crippen LogP contribution in [0.5, 0.6) is 0 Å². The number of hydrogen-bond acceptors (Lipinski definition) is 7. The van der Waals surface area contributed by atoms with Crippen molar-refractivity contribution in [1.29, 1.82) is 0 Å². The molecule has 0 spiro atoms. The van der Waals surface area contributed by atoms with Gasteiger partial charge in [0.1, 0.15) is 17.0 Å². The lowest BCUT2D eigenvalue weighted by atomic mass is 9.90. The molecule has 10 nitrogen and oxygen atoms in total. The number of imidazole rings is 1. The number of piperidine rings is 1. The Morgan fingerprint density at radius 1 is 1.26 bits per heavy atom. The van der Waals surface area contributed by atoms with E-state index in [2.05, 4.69) is 10.1 Å². The van der Waals surface area contributed by atoms with Crippen molar-refractivity contribution in [2.75, 3.05) is 18.0 Å². The third-order valence-corrected chi connectivity index (χ3v) is 6.01. The highest BCUT2D eigenvalue weighted by molar-refractivity contribution is 6.33. The number of aryl methyl sites for hydroxylation is 1. The van der Waals surface area contributed by atoms with Crippen molar-refractivity contribution in [3.63, 3.8) is 0 Å². The summed E-state index contributed by atoms with van der Waals surface area (Å²) in [5.41, 5.74) is 0.356. The van der Waals surface area contributed by atoms with E-state index in [0.717, 1.165) is 17.5 Å². The first-order valence-corrected chi connectivity index (χ1v) is 10.2. The predicted octanol–water partition coefficient (Wildman–Crippen LogP) is 2.48. The molecule has 1 saturated heterocycles. The third kappa shape index (κ3) is 4.04. The lowest BCUT2D eigenvalue weighted by Crippen LogP contribution is -2.37. The summed E-state index contributed by atoms with van der Waals surface area (Å²) < 4.78 is 2.93. The zero-order chi connectivity index (χ0) is 22.1. The Hall–Kier alpha value is -3.24. The minimum absolute atomic E-state index is 0.0384. The second-order valence-corrected chi connectivity index (χ2v) is 7.88. The molecule has 0 aliphatic carbocycles. The van der Waals surface area contributed by atoms with E-state index < -0.39 is 16.6 Å². The van der Waals surface area contributed by atoms with Gasteiger partial charge in [0, 0.05) is 44.7 Å². The summed E-state index contributed by atoms with van der Waals surface area (Å²) in [4.78, 5) is 29.3. The van der Waals surface area contributed by atoms with E-state index in [9.17, 15) is 20.0 Å². The van der Waals surface area contributed by atoms with Gasteiger partial charge in [0.05, 0.1) is 22.5 Å². The van der Waals surface area contributed by atoms with Crippen LogP contribution in [0.15, 0.2) is 47.7 Å². The van der Waals surface area contributed by atoms with E-state index in [-0.39, 0.29) is 16.6 Å². The first-order chi connectivity index (χ1) is 14.9. The molecule has 1 unspecified atom stereocenters. The van der Waals surface area contributed by atoms with E-state index in [1.54, 1.807) is 12.4 Å². The Kier molecular flexibility index (Phi) is 5.75. The van der Waals surface area contributed by atoms with Crippen LogP contribution in [0.2, 0.25) is 5.02 Å². The van der Waals surface area contributed by atoms with Crippen molar-refractivity contribution >= 4 is 23.0 Å². The van der Waals surface area contributed by atoms with Gasteiger partial charge in [0.2, 0.25) is 0 Å². The molecule has 0 amide bonds. The highest BCUT2D eigenvalue weighted by atomic mass is 35.5. The van der Waals surface area contributed by atoms with Crippen molar-refractivity contribution < 1.29 is 10.0 Å². The van der Waals surface area contributed by atoms with E-state index in [1.165, 1.54) is 30.5 Å². The van der Waals surface area contributed by atoms with Gasteiger partial charge in [0.15, 0.2) is 0 Å². The highest BCUT2D eigenvalue weighted by Gasteiger charge is 2.29. The second-order valence-electron chi connectivity index (χ2n) is 7.50. The number of nitrogens with zero attached hydrogens (tertiary/aromatic N) is 6. The number of nitro groups is 1. The summed E-state index contributed by atoms with van der Waals surface area (Å²) in [7, 11) is 1.85. The van der Waals surface area contributed by atoms with Crippen LogP contribution in [0.4, 0.5) is 11.4 Å². The molecule has 1 aliphatic heterocycles. The predicted molar refractivity (Wildman–Crippen MR) is 115 cm³/mol. The van der Waals surface area contributed by atoms with Crippen molar-refractivity contribution in [3.05, 3.63) is 74.2 Å². The molecule has 0 radical (unpaired) electrons. The smallest absolute Gasteiger partial charge is 0.292 e. The molecule has 1 aliphatic rings. The van der Waals surface area contributed by atoms with Crippen LogP contribution >= 0.6 is 11.6 Å². The van der Waals surface area contributed by atoms with Crippen LogP contribution < -0.4 is 10.5 Å². The van der Waals surface area contributed by atoms with Crippen LogP contribution in [0.3, 0.4) is 0 Å². The van der Waals surface area contributed by atoms with E-state index in [4.69, 9.17) is 11.6 Å². The van der Waals surface area contributed by atoms with E-state index in [0.29, 0.717) is 30.3 Å². The lowest BCUT2D eigenvalue weighted by Gasteiger charge is -2.35. The molecule has 162 valence electrons. The third-order valence-electron chi connectivity index (χ3n) is 5.66. The quantitative estimate of drug-likeness (QED) is 0.474. The minimum atomic E-state index is -0.647. The molecule has 0 saturated carbocycles. The second kappa shape index (κ2) is 8.48. The number of rotatable bonds is 5. The van der Waals surface area contributed by atoms with Gasteiger partial charge < -0.3 is 14.6 Å². The van der Waals surface area contributed by atoms with Crippen LogP contribution in [0, 0.1) is 16.0 Å². The molecule has 3 aromatic rings. The van der Waals surface area contributed by atoms with E-state index in [1.807, 2.05) is 16.5 Å². The summed E-state index contributed by atoms with van der Waals surface area (Å²) in [6, 6.07) is 5.52. The number of halogens is 1. The monoisotopic (exact) mass is 444 g/mol. The zero-order valence-electron chi connectivity index (χ0n) is 16.8. The fourth-order valence-electron chi connectivity index (χ4n) is 3.87. The number of non-ortho nitro benzene ring substituents is 1. The Labute approximate surface area is 182 Å². The maximum atomic E-state index is 12.8. The largest absolute Gasteiger partial charge is 0.385 e. The molecule has 1 aromatic carbocycles. The van der Waals surface area contributed by atoms with Gasteiger partial charge in [-0.1, -0.05) is 11.6 Å². The number of aliphatic hydroxyl groups is 1. The van der Waals surface area contributed by atoms with Crippen molar-refractivity contribution in [2.45, 2.75) is 18.9 Å². The molecule has 0 bridgehead atoms. The standard InChI is InChI=1S/C20H21ClN6O4/c1-24-11-8-22-19(24)18(28)13-6-9-25(10-7-13)16-12-23-26(20(29)17(16)21)14-2-4-15(5-3-14)27(30)31/h2-5,8,11-13,18,28H,6-7,9-10H2,1H3. The topological polar surface area (TPSA) is 119 Å². The Balaban J connectivity index is 1.50. The summed E-state index contributed by atoms with van der Waals surface area (Å²) in [5, 5.41) is 25.7. The fourth-order valence-corrected chi connectivity index (χ4v) is 4.12. The van der Waals surface area contributed by atoms with Gasteiger partial charge in [-0.2, -0.15) is 9.78 Å². The van der Waals surface area contributed by atoms with Gasteiger partial charge in [-0.25, -0.2) is 4.98 Å². The molecule has 1 fully saturated rings. The van der Waals surface area contributed by atoms with Crippen LogP contribution in [0.1, 0.15) is 24.8 Å². The molecule has 31 heavy (non-hydrogen) atoms. The van der Waals surface area contributed by atoms with Gasteiger partial charge in [-0.3, -0.25) is 14.9 Å². The fraction of sp³-hybridized carbons (Fsp3) is 0.350. The number of nitro benzene ring substituents is 1. The summed E-state index contributed by atoms with van der Waals surface area (Å²) in [5.74, 6) is 0.702. The number of aliphatic hydroxyl groups excluding tert-OH is 1. The van der Waals surface area contributed by atoms with Gasteiger partial charge >= 0.3 is 0 Å². The lowest BCUT2D eigenvalue weighted by molar-refractivity contribution is -0.384. The van der Waals surface area contributed by atoms with Crippen LogP contribution in [-0.2, 0) is 7.05 Å². The molecule has 2 aromatic heterocycles. The van der Waals surface area contributed by atoms with Crippen molar-refractivity contribution in [3.8, 4) is 5.69 Å². The SMILES string of the molecule is Cn1ccnc1C(O)C1CCN(c2cnn(-c3ccc([N+](=O)[O-])cc3)c(=O)c2Cl)CC1. The zero-order valence-corrected chi connectivity index (χ0v) is 17.5. The minimum Gasteiger partial charge on any atom is -0.385 e. The van der Waals surface area contributed by atoms with Crippen LogP contribution in [0.25, 0.3) is 5.69 Å². The number of hydrogen-bond donors (Lipinski definition) is 1. The van der Waals surface area contributed by atoms with Gasteiger partial charge in [-0.15, -0.1) is 0 Å². The van der Waals surface area contributed by atoms with Crippen LogP contribution in [-0.4, -0.2) is 42.5 Å². The molecular formula is C20H21ClN6O4. The maximum absolute atomic E-state index is 12.8. The summed E-state index contributed by atoms with van der Waals surface area (Å²) >= 11 is 6.38. The molecule has 1 atom stereocenters. The summed E-state index contributed by atoms with van der Waals surface area (Å²) in [6.07, 6.45) is 5.79. The molecule has 11 heteroatoms. The van der Waals surface area contributed by atoms with Crippen molar-refractivity contribution in [1.82, 2.24) is 19.3 Å². The Morgan fingerprint density at radius 3 is 2.52 bits per heavy atom. The first kappa shape index (κ1) is 21.0. The average molecular weight is 445 g/mol. The first-order valence-electron chi connectivity index (χ1n) is 9.79. The average Bonchev–Trinajstić information content (AvgIpc) is 3.21. The molecule has 3 heterocycles. The molecular weight excluding hydrogens is 424 g/mol. The highest BCUT2D eigenvalue weighted by Crippen LogP contribution is 2.33. The van der Waals surface area contributed by atoms with Crippen molar-refractivity contribution in [2.24, 2.45) is 13.0 Å². The number of benzene rings is 1. The Morgan fingerprint density at radius 2 is 1.94 bits per heavy atom. The van der Waals surface area contributed by atoms with E-state index >= 15 is 0 Å².